The normalized spacial score (nSPS) is 12.2. The standard InChI is InChI=1S/C23H18ClNO/c24-21-12-6-4-10-17(21)19(14-23(26)16-8-2-1-3-9-16)20-15-25-22-13-7-5-11-18(20)22/h1-13,15,19,25H,14H2/t19-/m0/s1. The van der Waals surface area contributed by atoms with Crippen LogP contribution in [-0.4, -0.2) is 10.8 Å². The van der Waals surface area contributed by atoms with Crippen molar-refractivity contribution in [3.63, 3.8) is 0 Å². The molecule has 1 aromatic heterocycles. The number of ketones is 1. The van der Waals surface area contributed by atoms with E-state index < -0.39 is 0 Å². The zero-order valence-electron chi connectivity index (χ0n) is 14.2. The maximum Gasteiger partial charge on any atom is 0.163 e. The Morgan fingerprint density at radius 1 is 0.846 bits per heavy atom. The lowest BCUT2D eigenvalue weighted by molar-refractivity contribution is 0.0978. The number of Topliss-reactive ketones (excluding diaryl/α,β-unsaturated/α-hetero) is 1. The Kier molecular flexibility index (Phi) is 4.59. The minimum Gasteiger partial charge on any atom is -0.361 e. The molecule has 0 bridgehead atoms. The fourth-order valence-electron chi connectivity index (χ4n) is 3.45. The van der Waals surface area contributed by atoms with Crippen LogP contribution < -0.4 is 0 Å². The van der Waals surface area contributed by atoms with Gasteiger partial charge in [-0.05, 0) is 23.3 Å². The zero-order valence-corrected chi connectivity index (χ0v) is 14.9. The molecule has 0 aliphatic rings. The molecule has 1 atom stereocenters. The average molecular weight is 360 g/mol. The van der Waals surface area contributed by atoms with E-state index >= 15 is 0 Å². The number of carbonyl (C=O) groups is 1. The second-order valence-corrected chi connectivity index (χ2v) is 6.76. The van der Waals surface area contributed by atoms with Crippen LogP contribution in [0, 0.1) is 0 Å². The summed E-state index contributed by atoms with van der Waals surface area (Å²) in [6.45, 7) is 0. The SMILES string of the molecule is O=C(C[C@@H](c1ccccc1Cl)c1c[nH]c2ccccc12)c1ccccc1. The van der Waals surface area contributed by atoms with E-state index in [1.165, 1.54) is 0 Å². The Labute approximate surface area is 157 Å². The molecule has 1 heterocycles. The van der Waals surface area contributed by atoms with E-state index in [1.807, 2.05) is 79.0 Å². The number of para-hydroxylation sites is 1. The van der Waals surface area contributed by atoms with E-state index in [0.717, 1.165) is 27.6 Å². The van der Waals surface area contributed by atoms with Crippen LogP contribution in [0.4, 0.5) is 0 Å². The van der Waals surface area contributed by atoms with Gasteiger partial charge in [-0.1, -0.05) is 78.3 Å². The van der Waals surface area contributed by atoms with Gasteiger partial charge >= 0.3 is 0 Å². The summed E-state index contributed by atoms with van der Waals surface area (Å²) in [5, 5.41) is 1.81. The van der Waals surface area contributed by atoms with Crippen molar-refractivity contribution in [2.45, 2.75) is 12.3 Å². The van der Waals surface area contributed by atoms with E-state index in [-0.39, 0.29) is 11.7 Å². The molecule has 0 aliphatic carbocycles. The van der Waals surface area contributed by atoms with E-state index in [0.29, 0.717) is 11.4 Å². The molecule has 26 heavy (non-hydrogen) atoms. The van der Waals surface area contributed by atoms with Crippen LogP contribution in [0.3, 0.4) is 0 Å². The summed E-state index contributed by atoms with van der Waals surface area (Å²) in [5.74, 6) is 0.00774. The summed E-state index contributed by atoms with van der Waals surface area (Å²) in [6.07, 6.45) is 2.37. The van der Waals surface area contributed by atoms with E-state index in [9.17, 15) is 4.79 Å². The van der Waals surface area contributed by atoms with Crippen LogP contribution in [0.15, 0.2) is 85.1 Å². The summed E-state index contributed by atoms with van der Waals surface area (Å²) in [4.78, 5) is 16.2. The highest BCUT2D eigenvalue weighted by atomic mass is 35.5. The van der Waals surface area contributed by atoms with Gasteiger partial charge in [0.15, 0.2) is 5.78 Å². The highest BCUT2D eigenvalue weighted by Crippen LogP contribution is 2.37. The molecule has 0 unspecified atom stereocenters. The summed E-state index contributed by atoms with van der Waals surface area (Å²) in [6, 6.07) is 25.3. The van der Waals surface area contributed by atoms with Gasteiger partial charge in [-0.2, -0.15) is 0 Å². The van der Waals surface area contributed by atoms with Crippen molar-refractivity contribution >= 4 is 28.3 Å². The Balaban J connectivity index is 1.80. The Morgan fingerprint density at radius 2 is 1.54 bits per heavy atom. The first kappa shape index (κ1) is 16.6. The Bertz CT molecular complexity index is 1050. The largest absolute Gasteiger partial charge is 0.361 e. The summed E-state index contributed by atoms with van der Waals surface area (Å²) in [7, 11) is 0. The van der Waals surface area contributed by atoms with Crippen molar-refractivity contribution in [1.29, 1.82) is 0 Å². The van der Waals surface area contributed by atoms with Crippen LogP contribution in [-0.2, 0) is 0 Å². The number of rotatable bonds is 5. The molecule has 4 rings (SSSR count). The van der Waals surface area contributed by atoms with Crippen molar-refractivity contribution < 1.29 is 4.79 Å². The van der Waals surface area contributed by atoms with E-state index in [1.54, 1.807) is 0 Å². The highest BCUT2D eigenvalue weighted by molar-refractivity contribution is 6.31. The molecule has 0 spiro atoms. The minimum atomic E-state index is -0.104. The number of halogens is 1. The van der Waals surface area contributed by atoms with Crippen LogP contribution in [0.25, 0.3) is 10.9 Å². The lowest BCUT2D eigenvalue weighted by Gasteiger charge is -2.18. The molecule has 0 saturated heterocycles. The number of carbonyl (C=O) groups excluding carboxylic acids is 1. The van der Waals surface area contributed by atoms with Crippen molar-refractivity contribution in [2.75, 3.05) is 0 Å². The summed E-state index contributed by atoms with van der Waals surface area (Å²) >= 11 is 6.50. The van der Waals surface area contributed by atoms with Gasteiger partial charge in [-0.15, -0.1) is 0 Å². The number of aromatic amines is 1. The Hall–Kier alpha value is -2.84. The second kappa shape index (κ2) is 7.19. The van der Waals surface area contributed by atoms with Crippen molar-refractivity contribution in [1.82, 2.24) is 4.98 Å². The number of hydrogen-bond donors (Lipinski definition) is 1. The maximum atomic E-state index is 12.9. The quantitative estimate of drug-likeness (QED) is 0.421. The van der Waals surface area contributed by atoms with Crippen molar-refractivity contribution in [2.24, 2.45) is 0 Å². The van der Waals surface area contributed by atoms with Gasteiger partial charge in [0.1, 0.15) is 0 Å². The minimum absolute atomic E-state index is 0.104. The molecule has 0 saturated carbocycles. The van der Waals surface area contributed by atoms with Gasteiger partial charge in [0.2, 0.25) is 0 Å². The predicted molar refractivity (Wildman–Crippen MR) is 107 cm³/mol. The lowest BCUT2D eigenvalue weighted by Crippen LogP contribution is -2.09. The van der Waals surface area contributed by atoms with Gasteiger partial charge in [0, 0.05) is 40.0 Å². The first-order valence-electron chi connectivity index (χ1n) is 8.62. The Morgan fingerprint density at radius 3 is 2.35 bits per heavy atom. The molecular weight excluding hydrogens is 342 g/mol. The third-order valence-corrected chi connectivity index (χ3v) is 5.11. The third kappa shape index (κ3) is 3.16. The maximum absolute atomic E-state index is 12.9. The highest BCUT2D eigenvalue weighted by Gasteiger charge is 2.23. The second-order valence-electron chi connectivity index (χ2n) is 6.36. The van der Waals surface area contributed by atoms with E-state index in [2.05, 4.69) is 11.1 Å². The van der Waals surface area contributed by atoms with Gasteiger partial charge in [0.25, 0.3) is 0 Å². The van der Waals surface area contributed by atoms with Gasteiger partial charge in [-0.25, -0.2) is 0 Å². The van der Waals surface area contributed by atoms with Crippen molar-refractivity contribution in [3.05, 3.63) is 107 Å². The molecule has 3 aromatic carbocycles. The molecule has 0 aliphatic heterocycles. The topological polar surface area (TPSA) is 32.9 Å². The van der Waals surface area contributed by atoms with Gasteiger partial charge in [-0.3, -0.25) is 4.79 Å². The summed E-state index contributed by atoms with van der Waals surface area (Å²) in [5.41, 5.74) is 3.86. The lowest BCUT2D eigenvalue weighted by atomic mass is 9.85. The molecule has 0 radical (unpaired) electrons. The number of benzene rings is 3. The predicted octanol–water partition coefficient (Wildman–Crippen LogP) is 6.23. The van der Waals surface area contributed by atoms with Crippen LogP contribution >= 0.6 is 11.6 Å². The number of nitrogens with one attached hydrogen (secondary N) is 1. The molecule has 0 amide bonds. The van der Waals surface area contributed by atoms with Crippen LogP contribution in [0.5, 0.6) is 0 Å². The van der Waals surface area contributed by atoms with Crippen LogP contribution in [0.2, 0.25) is 5.02 Å². The van der Waals surface area contributed by atoms with Crippen LogP contribution in [0.1, 0.15) is 33.8 Å². The fourth-order valence-corrected chi connectivity index (χ4v) is 3.72. The molecule has 0 fully saturated rings. The molecular formula is C23H18ClNO. The molecule has 128 valence electrons. The van der Waals surface area contributed by atoms with Gasteiger partial charge in [0.05, 0.1) is 0 Å². The first-order valence-corrected chi connectivity index (χ1v) is 9.00. The van der Waals surface area contributed by atoms with Crippen molar-refractivity contribution in [3.8, 4) is 0 Å². The monoisotopic (exact) mass is 359 g/mol. The molecule has 2 nitrogen and oxygen atoms in total. The number of fused-ring (bicyclic) bond motifs is 1. The molecule has 3 heteroatoms. The smallest absolute Gasteiger partial charge is 0.163 e. The third-order valence-electron chi connectivity index (χ3n) is 4.76. The summed E-state index contributed by atoms with van der Waals surface area (Å²) < 4.78 is 0. The molecule has 4 aromatic rings. The molecule has 1 N–H and O–H groups in total. The average Bonchev–Trinajstić information content (AvgIpc) is 3.11. The van der Waals surface area contributed by atoms with Gasteiger partial charge < -0.3 is 4.98 Å². The number of aromatic nitrogens is 1. The fraction of sp³-hybridized carbons (Fsp3) is 0.0870. The number of H-pyrrole nitrogens is 1. The van der Waals surface area contributed by atoms with E-state index in [4.69, 9.17) is 11.6 Å². The first-order chi connectivity index (χ1) is 12.7. The zero-order chi connectivity index (χ0) is 17.9. The number of hydrogen-bond acceptors (Lipinski definition) is 1.